The van der Waals surface area contributed by atoms with E-state index >= 15 is 0 Å². The van der Waals surface area contributed by atoms with Gasteiger partial charge < -0.3 is 9.64 Å². The minimum absolute atomic E-state index is 0.913. The first kappa shape index (κ1) is 18.2. The molecule has 0 fully saturated rings. The van der Waals surface area contributed by atoms with Crippen molar-refractivity contribution in [3.63, 3.8) is 0 Å². The average Bonchev–Trinajstić information content (AvgIpc) is 2.45. The van der Waals surface area contributed by atoms with Gasteiger partial charge in [0, 0.05) is 18.8 Å². The van der Waals surface area contributed by atoms with E-state index in [0.29, 0.717) is 0 Å². The second-order valence-corrected chi connectivity index (χ2v) is 2.87. The first-order valence-corrected chi connectivity index (χ1v) is 6.70. The van der Waals surface area contributed by atoms with Gasteiger partial charge in [-0.25, -0.2) is 0 Å². The maximum absolute atomic E-state index is 5.10. The molecule has 2 heteroatoms. The Labute approximate surface area is 108 Å². The van der Waals surface area contributed by atoms with Crippen molar-refractivity contribution in [3.8, 4) is 5.75 Å². The number of anilines is 1. The van der Waals surface area contributed by atoms with E-state index in [0.717, 1.165) is 18.8 Å². The smallest absolute Gasteiger partial charge is 0.119 e. The number of hydrogen-bond acceptors (Lipinski definition) is 2. The fourth-order valence-corrected chi connectivity index (χ4v) is 1.38. The van der Waals surface area contributed by atoms with Crippen LogP contribution in [0.25, 0.3) is 0 Å². The molecule has 2 nitrogen and oxygen atoms in total. The highest BCUT2D eigenvalue weighted by atomic mass is 16.5. The molecule has 0 aliphatic carbocycles. The van der Waals surface area contributed by atoms with E-state index in [1.807, 2.05) is 39.8 Å². The topological polar surface area (TPSA) is 12.5 Å². The van der Waals surface area contributed by atoms with Crippen LogP contribution in [0.3, 0.4) is 0 Å². The van der Waals surface area contributed by atoms with E-state index in [2.05, 4.69) is 30.9 Å². The number of rotatable bonds is 4. The summed E-state index contributed by atoms with van der Waals surface area (Å²) in [5.74, 6) is 0.913. The quantitative estimate of drug-likeness (QED) is 0.761. The van der Waals surface area contributed by atoms with Crippen LogP contribution in [0.4, 0.5) is 5.69 Å². The zero-order valence-corrected chi connectivity index (χ0v) is 12.6. The van der Waals surface area contributed by atoms with Gasteiger partial charge in [0.1, 0.15) is 5.75 Å². The molecule has 0 amide bonds. The lowest BCUT2D eigenvalue weighted by atomic mass is 10.2. The van der Waals surface area contributed by atoms with Crippen molar-refractivity contribution in [3.05, 3.63) is 24.3 Å². The summed E-state index contributed by atoms with van der Waals surface area (Å²) in [6.45, 7) is 14.4. The van der Waals surface area contributed by atoms with Crippen molar-refractivity contribution in [2.24, 2.45) is 0 Å². The van der Waals surface area contributed by atoms with Crippen LogP contribution in [0.15, 0.2) is 24.3 Å². The van der Waals surface area contributed by atoms with Gasteiger partial charge in [-0.3, -0.25) is 0 Å². The number of benzene rings is 1. The third-order valence-electron chi connectivity index (χ3n) is 2.20. The van der Waals surface area contributed by atoms with Crippen LogP contribution in [0.2, 0.25) is 0 Å². The molecule has 100 valence electrons. The van der Waals surface area contributed by atoms with Crippen molar-refractivity contribution in [2.75, 3.05) is 25.1 Å². The molecular formula is C15H29NO. The maximum Gasteiger partial charge on any atom is 0.119 e. The fourth-order valence-electron chi connectivity index (χ4n) is 1.38. The highest BCUT2D eigenvalue weighted by molar-refractivity contribution is 5.48. The second kappa shape index (κ2) is 12.9. The standard InChI is InChI=1S/C11H17NO.2C2H6/c1-4-12(5-2)10-6-8-11(13-3)9-7-10;2*1-2/h6-9H,4-5H2,1-3H3;2*1-2H3. The van der Waals surface area contributed by atoms with E-state index in [1.54, 1.807) is 7.11 Å². The molecule has 0 saturated carbocycles. The zero-order chi connectivity index (χ0) is 13.7. The summed E-state index contributed by atoms with van der Waals surface area (Å²) >= 11 is 0. The van der Waals surface area contributed by atoms with E-state index in [-0.39, 0.29) is 0 Å². The predicted molar refractivity (Wildman–Crippen MR) is 79.3 cm³/mol. The Bertz CT molecular complexity index is 240. The molecule has 1 aromatic carbocycles. The minimum atomic E-state index is 0.913. The molecule has 0 N–H and O–H groups in total. The predicted octanol–water partition coefficient (Wildman–Crippen LogP) is 4.59. The fraction of sp³-hybridized carbons (Fsp3) is 0.600. The van der Waals surface area contributed by atoms with Gasteiger partial charge in [0.2, 0.25) is 0 Å². The Morgan fingerprint density at radius 2 is 1.29 bits per heavy atom. The molecule has 0 spiro atoms. The van der Waals surface area contributed by atoms with Crippen molar-refractivity contribution < 1.29 is 4.74 Å². The Morgan fingerprint density at radius 1 is 0.882 bits per heavy atom. The number of methoxy groups -OCH3 is 1. The molecule has 1 rings (SSSR count). The first-order valence-electron chi connectivity index (χ1n) is 6.70. The van der Waals surface area contributed by atoms with Gasteiger partial charge in [0.15, 0.2) is 0 Å². The Balaban J connectivity index is 0. The second-order valence-electron chi connectivity index (χ2n) is 2.87. The van der Waals surface area contributed by atoms with Crippen molar-refractivity contribution in [1.82, 2.24) is 0 Å². The summed E-state index contributed by atoms with van der Waals surface area (Å²) in [4.78, 5) is 2.30. The zero-order valence-electron chi connectivity index (χ0n) is 12.6. The monoisotopic (exact) mass is 239 g/mol. The molecule has 0 saturated heterocycles. The van der Waals surface area contributed by atoms with Gasteiger partial charge in [-0.2, -0.15) is 0 Å². The Hall–Kier alpha value is -1.18. The molecule has 0 atom stereocenters. The highest BCUT2D eigenvalue weighted by Gasteiger charge is 2.00. The first-order chi connectivity index (χ1) is 8.31. The van der Waals surface area contributed by atoms with Crippen LogP contribution in [-0.2, 0) is 0 Å². The van der Waals surface area contributed by atoms with Gasteiger partial charge in [-0.15, -0.1) is 0 Å². The Morgan fingerprint density at radius 3 is 1.59 bits per heavy atom. The largest absolute Gasteiger partial charge is 0.497 e. The van der Waals surface area contributed by atoms with E-state index in [1.165, 1.54) is 5.69 Å². The van der Waals surface area contributed by atoms with Crippen LogP contribution in [0.5, 0.6) is 5.75 Å². The molecular weight excluding hydrogens is 210 g/mol. The van der Waals surface area contributed by atoms with Crippen molar-refractivity contribution in [1.29, 1.82) is 0 Å². The summed E-state index contributed by atoms with van der Waals surface area (Å²) in [7, 11) is 1.69. The lowest BCUT2D eigenvalue weighted by Crippen LogP contribution is -2.21. The van der Waals surface area contributed by atoms with Gasteiger partial charge in [0.05, 0.1) is 7.11 Å². The third-order valence-corrected chi connectivity index (χ3v) is 2.20. The lowest BCUT2D eigenvalue weighted by Gasteiger charge is -2.20. The highest BCUT2D eigenvalue weighted by Crippen LogP contribution is 2.18. The summed E-state index contributed by atoms with van der Waals surface area (Å²) in [5.41, 5.74) is 1.26. The molecule has 1 aromatic rings. The number of hydrogen-bond donors (Lipinski definition) is 0. The summed E-state index contributed by atoms with van der Waals surface area (Å²) in [5, 5.41) is 0. The maximum atomic E-state index is 5.10. The molecule has 0 aliphatic heterocycles. The molecule has 0 radical (unpaired) electrons. The van der Waals surface area contributed by atoms with Gasteiger partial charge >= 0.3 is 0 Å². The van der Waals surface area contributed by atoms with Gasteiger partial charge in [-0.05, 0) is 38.1 Å². The summed E-state index contributed by atoms with van der Waals surface area (Å²) in [6.07, 6.45) is 0. The van der Waals surface area contributed by atoms with Crippen LogP contribution >= 0.6 is 0 Å². The van der Waals surface area contributed by atoms with E-state index in [9.17, 15) is 0 Å². The average molecular weight is 239 g/mol. The molecule has 17 heavy (non-hydrogen) atoms. The van der Waals surface area contributed by atoms with Crippen LogP contribution in [0.1, 0.15) is 41.5 Å². The molecule has 0 bridgehead atoms. The molecule has 0 heterocycles. The van der Waals surface area contributed by atoms with Crippen LogP contribution < -0.4 is 9.64 Å². The summed E-state index contributed by atoms with van der Waals surface area (Å²) in [6, 6.07) is 8.17. The summed E-state index contributed by atoms with van der Waals surface area (Å²) < 4.78 is 5.10. The van der Waals surface area contributed by atoms with Crippen LogP contribution in [0, 0.1) is 0 Å². The van der Waals surface area contributed by atoms with Gasteiger partial charge in [0.25, 0.3) is 0 Å². The molecule has 0 unspecified atom stereocenters. The SMILES string of the molecule is CC.CC.CCN(CC)c1ccc(OC)cc1. The molecule has 0 aromatic heterocycles. The van der Waals surface area contributed by atoms with Crippen molar-refractivity contribution >= 4 is 5.69 Å². The van der Waals surface area contributed by atoms with Gasteiger partial charge in [-0.1, -0.05) is 27.7 Å². The van der Waals surface area contributed by atoms with Crippen molar-refractivity contribution in [2.45, 2.75) is 41.5 Å². The van der Waals surface area contributed by atoms with E-state index in [4.69, 9.17) is 4.74 Å². The lowest BCUT2D eigenvalue weighted by molar-refractivity contribution is 0.415. The van der Waals surface area contributed by atoms with E-state index < -0.39 is 0 Å². The number of ether oxygens (including phenoxy) is 1. The minimum Gasteiger partial charge on any atom is -0.497 e. The van der Waals surface area contributed by atoms with Crippen LogP contribution in [-0.4, -0.2) is 20.2 Å². The molecule has 0 aliphatic rings. The Kier molecular flexibility index (Phi) is 13.8. The number of nitrogens with zero attached hydrogens (tertiary/aromatic N) is 1. The third kappa shape index (κ3) is 6.88. The normalized spacial score (nSPS) is 8.18.